The molecule has 0 atom stereocenters. The molecule has 0 aromatic rings. The number of esters is 3. The molecule has 0 unspecified atom stereocenters. The molecular weight excluding hydrogens is 773 g/mol. The summed E-state index contributed by atoms with van der Waals surface area (Å²) < 4.78 is 16.8. The lowest BCUT2D eigenvalue weighted by Crippen LogP contribution is -2.31. The fraction of sp³-hybridized carbons (Fsp3) is 0.941. The Morgan fingerprint density at radius 2 is 0.593 bits per heavy atom. The van der Waals surface area contributed by atoms with E-state index in [-0.39, 0.29) is 42.6 Å². The number of carbonyl (C=O) groups is 3. The number of ether oxygens (including phenoxy) is 3. The van der Waals surface area contributed by atoms with Crippen LogP contribution < -0.4 is 0 Å². The second-order valence-corrected chi connectivity index (χ2v) is 19.6. The highest BCUT2D eigenvalue weighted by molar-refractivity contribution is 8.00. The first-order valence-electron chi connectivity index (χ1n) is 25.7. The molecule has 0 aliphatic rings. The van der Waals surface area contributed by atoms with Gasteiger partial charge in [0.1, 0.15) is 13.2 Å². The monoisotopic (exact) mass is 871 g/mol. The van der Waals surface area contributed by atoms with E-state index in [4.69, 9.17) is 14.2 Å². The molecule has 0 amide bonds. The normalized spacial score (nSPS) is 11.4. The second-order valence-electron chi connectivity index (χ2n) is 17.4. The van der Waals surface area contributed by atoms with Crippen LogP contribution in [0.1, 0.15) is 265 Å². The predicted molar refractivity (Wildman–Crippen MR) is 259 cm³/mol. The minimum Gasteiger partial charge on any atom is -0.461 e. The van der Waals surface area contributed by atoms with Crippen molar-refractivity contribution in [2.24, 2.45) is 0 Å². The van der Waals surface area contributed by atoms with Crippen LogP contribution in [-0.4, -0.2) is 60.2 Å². The summed E-state index contributed by atoms with van der Waals surface area (Å²) in [6.07, 6.45) is 47.5. The van der Waals surface area contributed by atoms with Gasteiger partial charge in [0.15, 0.2) is 6.10 Å². The minimum absolute atomic E-state index is 0.0817. The van der Waals surface area contributed by atoms with Crippen LogP contribution in [0.5, 0.6) is 0 Å². The van der Waals surface area contributed by atoms with Gasteiger partial charge in [-0.15, -0.1) is 0 Å². The van der Waals surface area contributed by atoms with Gasteiger partial charge >= 0.3 is 17.9 Å². The largest absolute Gasteiger partial charge is 0.461 e. The molecule has 0 aromatic carbocycles. The van der Waals surface area contributed by atoms with E-state index in [1.54, 1.807) is 23.5 Å². The van der Waals surface area contributed by atoms with Gasteiger partial charge in [0.25, 0.3) is 0 Å². The average molecular weight is 871 g/mol. The van der Waals surface area contributed by atoms with Gasteiger partial charge in [0.05, 0.1) is 11.5 Å². The first kappa shape index (κ1) is 58.1. The smallest absolute Gasteiger partial charge is 0.316 e. The third-order valence-corrected chi connectivity index (χ3v) is 13.4. The van der Waals surface area contributed by atoms with E-state index in [1.807, 2.05) is 0 Å². The fourth-order valence-corrected chi connectivity index (χ4v) is 9.11. The van der Waals surface area contributed by atoms with Crippen molar-refractivity contribution in [3.05, 3.63) is 0 Å². The molecule has 0 saturated carbocycles. The quantitative estimate of drug-likeness (QED) is 0.0340. The van der Waals surface area contributed by atoms with Gasteiger partial charge in [-0.3, -0.25) is 14.4 Å². The van der Waals surface area contributed by atoms with Crippen molar-refractivity contribution in [3.63, 3.8) is 0 Å². The standard InChI is InChI=1S/C51H98O6S2/c1-4-7-10-13-16-19-22-25-26-29-32-35-38-41-49(52)57-48(44-55-50(53)46-58-42-39-36-33-30-27-23-20-17-14-11-8-5-2)45-56-51(54)47-59-43-40-37-34-31-28-24-21-18-15-12-9-6-3/h48H,4-47H2,1-3H3. The second kappa shape index (κ2) is 49.8. The van der Waals surface area contributed by atoms with Crippen LogP contribution in [0.4, 0.5) is 0 Å². The van der Waals surface area contributed by atoms with Gasteiger partial charge in [-0.2, -0.15) is 23.5 Å². The lowest BCUT2D eigenvalue weighted by molar-refractivity contribution is -0.165. The molecule has 8 heteroatoms. The highest BCUT2D eigenvalue weighted by Crippen LogP contribution is 2.17. The molecule has 59 heavy (non-hydrogen) atoms. The van der Waals surface area contributed by atoms with Crippen molar-refractivity contribution >= 4 is 41.4 Å². The van der Waals surface area contributed by atoms with Crippen molar-refractivity contribution in [2.75, 3.05) is 36.2 Å². The van der Waals surface area contributed by atoms with Crippen molar-refractivity contribution in [3.8, 4) is 0 Å². The Bertz CT molecular complexity index is 838. The molecule has 0 aliphatic heterocycles. The zero-order chi connectivity index (χ0) is 43.0. The molecule has 0 aliphatic carbocycles. The molecule has 0 N–H and O–H groups in total. The lowest BCUT2D eigenvalue weighted by atomic mass is 10.0. The molecule has 0 radical (unpaired) electrons. The zero-order valence-corrected chi connectivity index (χ0v) is 41.1. The SMILES string of the molecule is CCCCCCCCCCCCCCCC(=O)OC(COC(=O)CSCCCCCCCCCCCCCC)COC(=O)CSCCCCCCCCCCCCCC. The molecule has 6 nitrogen and oxygen atoms in total. The van der Waals surface area contributed by atoms with E-state index in [9.17, 15) is 14.4 Å². The third kappa shape index (κ3) is 48.0. The summed E-state index contributed by atoms with van der Waals surface area (Å²) in [7, 11) is 0. The summed E-state index contributed by atoms with van der Waals surface area (Å²) in [5.74, 6) is 1.52. The maximum Gasteiger partial charge on any atom is 0.316 e. The molecule has 0 aromatic heterocycles. The predicted octanol–water partition coefficient (Wildman–Crippen LogP) is 16.3. The molecular formula is C51H98O6S2. The maximum atomic E-state index is 12.8. The number of hydrogen-bond donors (Lipinski definition) is 0. The molecule has 0 heterocycles. The Morgan fingerprint density at radius 1 is 0.339 bits per heavy atom. The van der Waals surface area contributed by atoms with E-state index >= 15 is 0 Å². The average Bonchev–Trinajstić information content (AvgIpc) is 3.23. The summed E-state index contributed by atoms with van der Waals surface area (Å²) in [6, 6.07) is 0. The van der Waals surface area contributed by atoms with Gasteiger partial charge in [-0.25, -0.2) is 0 Å². The van der Waals surface area contributed by atoms with Crippen LogP contribution in [0.3, 0.4) is 0 Å². The van der Waals surface area contributed by atoms with Crippen molar-refractivity contribution in [1.29, 1.82) is 0 Å². The third-order valence-electron chi connectivity index (χ3n) is 11.4. The Hall–Kier alpha value is -0.890. The highest BCUT2D eigenvalue weighted by atomic mass is 32.2. The number of carbonyl (C=O) groups excluding carboxylic acids is 3. The summed E-state index contributed by atoms with van der Waals surface area (Å²) in [5, 5.41) is 0. The van der Waals surface area contributed by atoms with Crippen LogP contribution in [0.2, 0.25) is 0 Å². The molecule has 0 rings (SSSR count). The van der Waals surface area contributed by atoms with Gasteiger partial charge in [-0.05, 0) is 30.8 Å². The summed E-state index contributed by atoms with van der Waals surface area (Å²) in [4.78, 5) is 37.9. The van der Waals surface area contributed by atoms with Gasteiger partial charge in [0.2, 0.25) is 0 Å². The van der Waals surface area contributed by atoms with E-state index in [0.29, 0.717) is 6.42 Å². The van der Waals surface area contributed by atoms with Crippen molar-refractivity contribution < 1.29 is 28.6 Å². The number of unbranched alkanes of at least 4 members (excludes halogenated alkanes) is 34. The van der Waals surface area contributed by atoms with Gasteiger partial charge in [-0.1, -0.05) is 239 Å². The Labute approximate surface area is 375 Å². The summed E-state index contributed by atoms with van der Waals surface area (Å²) in [5.41, 5.74) is 0. The first-order chi connectivity index (χ1) is 29.0. The Morgan fingerprint density at radius 3 is 0.881 bits per heavy atom. The molecule has 0 spiro atoms. The van der Waals surface area contributed by atoms with Crippen LogP contribution >= 0.6 is 23.5 Å². The Kier molecular flexibility index (Phi) is 49.0. The van der Waals surface area contributed by atoms with Crippen LogP contribution in [0.15, 0.2) is 0 Å². The number of rotatable bonds is 49. The van der Waals surface area contributed by atoms with Crippen molar-refractivity contribution in [1.82, 2.24) is 0 Å². The topological polar surface area (TPSA) is 78.9 Å². The van der Waals surface area contributed by atoms with Gasteiger partial charge in [0, 0.05) is 6.42 Å². The zero-order valence-electron chi connectivity index (χ0n) is 39.5. The molecule has 350 valence electrons. The fourth-order valence-electron chi connectivity index (χ4n) is 7.50. The summed E-state index contributed by atoms with van der Waals surface area (Å²) >= 11 is 3.21. The molecule has 0 fully saturated rings. The van der Waals surface area contributed by atoms with E-state index < -0.39 is 6.10 Å². The van der Waals surface area contributed by atoms with Crippen molar-refractivity contribution in [2.45, 2.75) is 271 Å². The number of thioether (sulfide) groups is 2. The van der Waals surface area contributed by atoms with E-state index in [2.05, 4.69) is 20.8 Å². The van der Waals surface area contributed by atoms with Crippen LogP contribution in [0.25, 0.3) is 0 Å². The van der Waals surface area contributed by atoms with Crippen LogP contribution in [0, 0.1) is 0 Å². The maximum absolute atomic E-state index is 12.8. The summed E-state index contributed by atoms with van der Waals surface area (Å²) in [6.45, 7) is 6.64. The van der Waals surface area contributed by atoms with Gasteiger partial charge < -0.3 is 14.2 Å². The highest BCUT2D eigenvalue weighted by Gasteiger charge is 2.19. The molecule has 0 saturated heterocycles. The lowest BCUT2D eigenvalue weighted by Gasteiger charge is -2.18. The first-order valence-corrected chi connectivity index (χ1v) is 28.0. The van der Waals surface area contributed by atoms with Crippen LogP contribution in [-0.2, 0) is 28.6 Å². The van der Waals surface area contributed by atoms with E-state index in [0.717, 1.165) is 43.6 Å². The van der Waals surface area contributed by atoms with E-state index in [1.165, 1.54) is 205 Å². The Balaban J connectivity index is 4.30. The molecule has 0 bridgehead atoms. The minimum atomic E-state index is -0.778. The number of hydrogen-bond acceptors (Lipinski definition) is 8.